The van der Waals surface area contributed by atoms with Gasteiger partial charge in [-0.15, -0.1) is 0 Å². The molecule has 0 heterocycles. The van der Waals surface area contributed by atoms with Gasteiger partial charge in [-0.3, -0.25) is 5.43 Å². The molecule has 0 radical (unpaired) electrons. The van der Waals surface area contributed by atoms with Crippen molar-refractivity contribution in [1.29, 1.82) is 0 Å². The summed E-state index contributed by atoms with van der Waals surface area (Å²) < 4.78 is 0. The van der Waals surface area contributed by atoms with Crippen LogP contribution in [0.4, 0.5) is 0 Å². The lowest BCUT2D eigenvalue weighted by atomic mass is 10.1. The van der Waals surface area contributed by atoms with Crippen molar-refractivity contribution >= 4 is 12.6 Å². The molecule has 68 valence electrons. The van der Waals surface area contributed by atoms with E-state index in [1.165, 1.54) is 5.56 Å². The minimum absolute atomic E-state index is 0.509. The standard InChI is InChI=1S/C9H12N4/c1-7-3-5-8(6-4-7)9(12-10)13-11-2/h3-6H,2,10H2,1H3,(H,12,13). The Bertz CT molecular complexity index is 313. The van der Waals surface area contributed by atoms with Gasteiger partial charge in [-0.05, 0) is 6.92 Å². The van der Waals surface area contributed by atoms with Crippen LogP contribution in [-0.4, -0.2) is 12.6 Å². The van der Waals surface area contributed by atoms with Crippen LogP contribution in [0.25, 0.3) is 0 Å². The van der Waals surface area contributed by atoms with E-state index in [1.54, 1.807) is 0 Å². The quantitative estimate of drug-likeness (QED) is 0.303. The minimum atomic E-state index is 0.509. The van der Waals surface area contributed by atoms with Crippen LogP contribution in [-0.2, 0) is 0 Å². The summed E-state index contributed by atoms with van der Waals surface area (Å²) in [6.07, 6.45) is 0. The van der Waals surface area contributed by atoms with E-state index in [4.69, 9.17) is 5.84 Å². The molecule has 0 amide bonds. The van der Waals surface area contributed by atoms with Crippen molar-refractivity contribution in [2.45, 2.75) is 6.92 Å². The number of nitrogens with two attached hydrogens (primary N) is 1. The molecule has 4 heteroatoms. The zero-order valence-electron chi connectivity index (χ0n) is 7.49. The highest BCUT2D eigenvalue weighted by Gasteiger charge is 1.99. The van der Waals surface area contributed by atoms with E-state index >= 15 is 0 Å². The summed E-state index contributed by atoms with van der Waals surface area (Å²) in [5, 5.41) is 7.04. The number of nitrogens with one attached hydrogen (secondary N) is 1. The number of benzene rings is 1. The Hall–Kier alpha value is -1.84. The Morgan fingerprint density at radius 3 is 2.46 bits per heavy atom. The van der Waals surface area contributed by atoms with Crippen molar-refractivity contribution < 1.29 is 0 Å². The molecule has 0 aliphatic carbocycles. The predicted octanol–water partition coefficient (Wildman–Crippen LogP) is 0.821. The third kappa shape index (κ3) is 2.30. The molecule has 0 saturated heterocycles. The first-order valence-electron chi connectivity index (χ1n) is 3.84. The van der Waals surface area contributed by atoms with Crippen LogP contribution >= 0.6 is 0 Å². The first kappa shape index (κ1) is 9.25. The van der Waals surface area contributed by atoms with Crippen molar-refractivity contribution in [2.75, 3.05) is 0 Å². The van der Waals surface area contributed by atoms with E-state index in [-0.39, 0.29) is 0 Å². The van der Waals surface area contributed by atoms with Gasteiger partial charge in [0, 0.05) is 12.3 Å². The number of hydrogen-bond acceptors (Lipinski definition) is 3. The highest BCUT2D eigenvalue weighted by molar-refractivity contribution is 5.98. The number of aryl methyl sites for hydroxylation is 1. The van der Waals surface area contributed by atoms with Crippen LogP contribution in [0.1, 0.15) is 11.1 Å². The second-order valence-electron chi connectivity index (χ2n) is 2.61. The number of hydrogen-bond donors (Lipinski definition) is 2. The molecule has 3 N–H and O–H groups in total. The number of rotatable bonds is 2. The molecular formula is C9H12N4. The molecule has 0 aromatic heterocycles. The molecule has 1 aromatic rings. The van der Waals surface area contributed by atoms with Gasteiger partial charge < -0.3 is 5.84 Å². The Morgan fingerprint density at radius 2 is 2.00 bits per heavy atom. The van der Waals surface area contributed by atoms with Gasteiger partial charge in [-0.2, -0.15) is 10.2 Å². The largest absolute Gasteiger partial charge is 0.321 e. The van der Waals surface area contributed by atoms with Crippen molar-refractivity contribution in [3.05, 3.63) is 35.4 Å². The maximum absolute atomic E-state index is 5.17. The van der Waals surface area contributed by atoms with Crippen LogP contribution in [0.2, 0.25) is 0 Å². The predicted molar refractivity (Wildman–Crippen MR) is 54.6 cm³/mol. The topological polar surface area (TPSA) is 62.8 Å². The summed E-state index contributed by atoms with van der Waals surface area (Å²) >= 11 is 0. The van der Waals surface area contributed by atoms with E-state index in [9.17, 15) is 0 Å². The highest BCUT2D eigenvalue weighted by Crippen LogP contribution is 2.02. The molecule has 0 spiro atoms. The third-order valence-corrected chi connectivity index (χ3v) is 1.64. The monoisotopic (exact) mass is 176 g/mol. The van der Waals surface area contributed by atoms with E-state index < -0.39 is 0 Å². The molecule has 0 saturated carbocycles. The van der Waals surface area contributed by atoms with Gasteiger partial charge in [0.15, 0.2) is 5.84 Å². The van der Waals surface area contributed by atoms with Crippen molar-refractivity contribution in [2.24, 2.45) is 16.0 Å². The summed E-state index contributed by atoms with van der Waals surface area (Å²) in [5.74, 6) is 5.68. The number of hydrazone groups is 2. The molecule has 0 bridgehead atoms. The van der Waals surface area contributed by atoms with Crippen molar-refractivity contribution in [1.82, 2.24) is 5.43 Å². The molecule has 1 rings (SSSR count). The Kier molecular flexibility index (Phi) is 3.03. The van der Waals surface area contributed by atoms with E-state index in [2.05, 4.69) is 22.3 Å². The average molecular weight is 176 g/mol. The zero-order valence-corrected chi connectivity index (χ0v) is 7.49. The van der Waals surface area contributed by atoms with Crippen LogP contribution in [0.15, 0.2) is 34.5 Å². The average Bonchev–Trinajstić information content (AvgIpc) is 2.16. The Balaban J connectivity index is 2.92. The van der Waals surface area contributed by atoms with Crippen LogP contribution in [0.3, 0.4) is 0 Å². The highest BCUT2D eigenvalue weighted by atomic mass is 15.3. The first-order valence-corrected chi connectivity index (χ1v) is 3.84. The van der Waals surface area contributed by atoms with Gasteiger partial charge in [0.1, 0.15) is 0 Å². The van der Waals surface area contributed by atoms with Crippen LogP contribution in [0, 0.1) is 6.92 Å². The molecule has 13 heavy (non-hydrogen) atoms. The van der Waals surface area contributed by atoms with Gasteiger partial charge in [0.05, 0.1) is 0 Å². The van der Waals surface area contributed by atoms with Gasteiger partial charge in [-0.1, -0.05) is 29.8 Å². The minimum Gasteiger partial charge on any atom is -0.321 e. The summed E-state index contributed by atoms with van der Waals surface area (Å²) in [5.41, 5.74) is 4.68. The first-order chi connectivity index (χ1) is 6.27. The lowest BCUT2D eigenvalue weighted by molar-refractivity contribution is 1.02. The van der Waals surface area contributed by atoms with Gasteiger partial charge in [-0.25, -0.2) is 0 Å². The molecule has 0 unspecified atom stereocenters. The number of amidine groups is 1. The zero-order chi connectivity index (χ0) is 9.68. The van der Waals surface area contributed by atoms with E-state index in [1.807, 2.05) is 31.2 Å². The van der Waals surface area contributed by atoms with Crippen molar-refractivity contribution in [3.63, 3.8) is 0 Å². The molecule has 0 aliphatic heterocycles. The maximum Gasteiger partial charge on any atom is 0.173 e. The summed E-state index contributed by atoms with van der Waals surface area (Å²) in [4.78, 5) is 0. The molecule has 1 aromatic carbocycles. The van der Waals surface area contributed by atoms with Gasteiger partial charge in [0.25, 0.3) is 0 Å². The molecule has 4 nitrogen and oxygen atoms in total. The second kappa shape index (κ2) is 4.25. The fourth-order valence-corrected chi connectivity index (χ4v) is 0.954. The normalized spacial score (nSPS) is 11.0. The van der Waals surface area contributed by atoms with Crippen molar-refractivity contribution in [3.8, 4) is 0 Å². The van der Waals surface area contributed by atoms with Gasteiger partial charge >= 0.3 is 0 Å². The lowest BCUT2D eigenvalue weighted by Gasteiger charge is -2.03. The SMILES string of the molecule is C=NNC(=NN)c1ccc(C)cc1. The van der Waals surface area contributed by atoms with Crippen LogP contribution < -0.4 is 11.3 Å². The molecule has 0 fully saturated rings. The van der Waals surface area contributed by atoms with Crippen LogP contribution in [0.5, 0.6) is 0 Å². The fraction of sp³-hybridized carbons (Fsp3) is 0.111. The molecular weight excluding hydrogens is 164 g/mol. The summed E-state index contributed by atoms with van der Waals surface area (Å²) in [7, 11) is 0. The summed E-state index contributed by atoms with van der Waals surface area (Å²) in [6.45, 7) is 5.31. The maximum atomic E-state index is 5.17. The smallest absolute Gasteiger partial charge is 0.173 e. The van der Waals surface area contributed by atoms with E-state index in [0.717, 1.165) is 5.56 Å². The third-order valence-electron chi connectivity index (χ3n) is 1.64. The van der Waals surface area contributed by atoms with Gasteiger partial charge in [0.2, 0.25) is 0 Å². The molecule has 0 atom stereocenters. The summed E-state index contributed by atoms with van der Waals surface area (Å²) in [6, 6.07) is 7.79. The molecule has 0 aliphatic rings. The van der Waals surface area contributed by atoms with E-state index in [0.29, 0.717) is 5.84 Å². The Morgan fingerprint density at radius 1 is 1.38 bits per heavy atom. The lowest BCUT2D eigenvalue weighted by Crippen LogP contribution is -2.20. The Labute approximate surface area is 77.1 Å². The fourth-order valence-electron chi connectivity index (χ4n) is 0.954. The number of nitrogens with zero attached hydrogens (tertiary/aromatic N) is 2. The second-order valence-corrected chi connectivity index (χ2v) is 2.61.